The normalized spacial score (nSPS) is 15.0. The van der Waals surface area contributed by atoms with E-state index in [4.69, 9.17) is 4.74 Å². The lowest BCUT2D eigenvalue weighted by Crippen LogP contribution is -2.32. The highest BCUT2D eigenvalue weighted by Crippen LogP contribution is 2.32. The number of halogens is 2. The summed E-state index contributed by atoms with van der Waals surface area (Å²) in [5.41, 5.74) is 1.78. The first-order valence-electron chi connectivity index (χ1n) is 8.87. The van der Waals surface area contributed by atoms with Gasteiger partial charge in [0.25, 0.3) is 5.91 Å². The molecule has 0 bridgehead atoms. The van der Waals surface area contributed by atoms with Gasteiger partial charge in [0.05, 0.1) is 18.4 Å². The van der Waals surface area contributed by atoms with Crippen LogP contribution >= 0.6 is 15.9 Å². The monoisotopic (exact) mass is 450 g/mol. The lowest BCUT2D eigenvalue weighted by molar-refractivity contribution is -0.113. The molecular formula is C23H16BrFN2O2. The van der Waals surface area contributed by atoms with Crippen LogP contribution in [0.2, 0.25) is 0 Å². The number of ether oxygens (including phenoxy) is 1. The molecule has 0 saturated heterocycles. The molecule has 0 aromatic heterocycles. The molecule has 144 valence electrons. The molecule has 0 unspecified atom stereocenters. The minimum Gasteiger partial charge on any atom is -0.496 e. The number of carbonyl (C=O) groups excluding carboxylic acids is 1. The number of para-hydroxylation sites is 1. The quantitative estimate of drug-likeness (QED) is 0.497. The van der Waals surface area contributed by atoms with Crippen LogP contribution < -0.4 is 9.64 Å². The summed E-state index contributed by atoms with van der Waals surface area (Å²) >= 11 is 3.41. The molecule has 1 amide bonds. The van der Waals surface area contributed by atoms with Crippen molar-refractivity contribution in [3.8, 4) is 5.75 Å². The summed E-state index contributed by atoms with van der Waals surface area (Å²) in [6.07, 6.45) is 1.46. The number of anilines is 1. The highest BCUT2D eigenvalue weighted by atomic mass is 79.9. The Balaban J connectivity index is 1.88. The van der Waals surface area contributed by atoms with E-state index < -0.39 is 5.82 Å². The van der Waals surface area contributed by atoms with Crippen molar-refractivity contribution in [2.24, 2.45) is 4.99 Å². The topological polar surface area (TPSA) is 41.9 Å². The van der Waals surface area contributed by atoms with Gasteiger partial charge in [-0.15, -0.1) is 0 Å². The van der Waals surface area contributed by atoms with E-state index in [9.17, 15) is 9.18 Å². The highest BCUT2D eigenvalue weighted by molar-refractivity contribution is 9.10. The van der Waals surface area contributed by atoms with Crippen molar-refractivity contribution in [1.29, 1.82) is 0 Å². The van der Waals surface area contributed by atoms with Crippen LogP contribution in [0.3, 0.4) is 0 Å². The summed E-state index contributed by atoms with van der Waals surface area (Å²) in [6.45, 7) is 0. The zero-order valence-corrected chi connectivity index (χ0v) is 17.1. The molecule has 0 fully saturated rings. The number of hydrogen-bond acceptors (Lipinski definition) is 3. The smallest absolute Gasteiger partial charge is 0.282 e. The molecule has 0 N–H and O–H groups in total. The van der Waals surface area contributed by atoms with Crippen LogP contribution in [0.5, 0.6) is 5.75 Å². The summed E-state index contributed by atoms with van der Waals surface area (Å²) in [4.78, 5) is 19.3. The third-order valence-electron chi connectivity index (χ3n) is 4.49. The largest absolute Gasteiger partial charge is 0.496 e. The number of aliphatic imine (C=N–C) groups is 1. The number of amides is 1. The molecule has 0 aliphatic carbocycles. The van der Waals surface area contributed by atoms with Gasteiger partial charge < -0.3 is 4.74 Å². The first-order valence-corrected chi connectivity index (χ1v) is 9.66. The molecule has 0 spiro atoms. The Morgan fingerprint density at radius 2 is 1.69 bits per heavy atom. The molecule has 0 atom stereocenters. The molecule has 0 radical (unpaired) electrons. The molecule has 0 saturated carbocycles. The van der Waals surface area contributed by atoms with Crippen LogP contribution in [0.4, 0.5) is 10.1 Å². The Bertz CT molecular complexity index is 1140. The van der Waals surface area contributed by atoms with E-state index in [1.165, 1.54) is 17.0 Å². The first kappa shape index (κ1) is 19.1. The van der Waals surface area contributed by atoms with Crippen molar-refractivity contribution in [2.45, 2.75) is 0 Å². The van der Waals surface area contributed by atoms with E-state index >= 15 is 0 Å². The maximum Gasteiger partial charge on any atom is 0.282 e. The fourth-order valence-corrected chi connectivity index (χ4v) is 3.36. The molecule has 4 rings (SSSR count). The van der Waals surface area contributed by atoms with Crippen molar-refractivity contribution < 1.29 is 13.9 Å². The van der Waals surface area contributed by atoms with Crippen molar-refractivity contribution in [2.75, 3.05) is 12.0 Å². The average Bonchev–Trinajstić information content (AvgIpc) is 3.06. The van der Waals surface area contributed by atoms with Gasteiger partial charge >= 0.3 is 0 Å². The Kier molecular flexibility index (Phi) is 5.27. The van der Waals surface area contributed by atoms with Gasteiger partial charge in [-0.05, 0) is 48.5 Å². The zero-order chi connectivity index (χ0) is 20.4. The van der Waals surface area contributed by atoms with Crippen molar-refractivity contribution in [3.05, 3.63) is 99.9 Å². The fourth-order valence-electron chi connectivity index (χ4n) is 3.10. The third-order valence-corrected chi connectivity index (χ3v) is 5.02. The molecule has 6 heteroatoms. The summed E-state index contributed by atoms with van der Waals surface area (Å²) in [5, 5.41) is 0. The van der Waals surface area contributed by atoms with Crippen LogP contribution in [0.1, 0.15) is 11.1 Å². The van der Waals surface area contributed by atoms with Crippen LogP contribution in [-0.2, 0) is 4.79 Å². The second-order valence-electron chi connectivity index (χ2n) is 6.30. The van der Waals surface area contributed by atoms with E-state index in [2.05, 4.69) is 20.9 Å². The Morgan fingerprint density at radius 1 is 1.00 bits per heavy atom. The Labute approximate surface area is 176 Å². The average molecular weight is 451 g/mol. The van der Waals surface area contributed by atoms with Gasteiger partial charge in [-0.25, -0.2) is 9.38 Å². The summed E-state index contributed by atoms with van der Waals surface area (Å²) < 4.78 is 20.5. The number of rotatable bonds is 4. The molecule has 4 nitrogen and oxygen atoms in total. The number of amidine groups is 1. The van der Waals surface area contributed by atoms with E-state index in [0.29, 0.717) is 28.4 Å². The van der Waals surface area contributed by atoms with Crippen LogP contribution in [0.15, 0.2) is 88.0 Å². The standard InChI is InChI=1S/C23H16BrFN2O2/c1-29-21-9-5-3-7-18(21)22-26-20(14-15-6-2-4-8-19(15)25)23(28)27(22)17-12-10-16(24)11-13-17/h2-14H,1H3/b20-14+. The molecular weight excluding hydrogens is 435 g/mol. The van der Waals surface area contributed by atoms with Gasteiger partial charge in [-0.2, -0.15) is 0 Å². The van der Waals surface area contributed by atoms with Crippen LogP contribution in [0.25, 0.3) is 6.08 Å². The van der Waals surface area contributed by atoms with Gasteiger partial charge in [0.2, 0.25) is 0 Å². The summed E-state index contributed by atoms with van der Waals surface area (Å²) in [5.74, 6) is 0.270. The minimum absolute atomic E-state index is 0.152. The van der Waals surface area contributed by atoms with E-state index in [1.807, 2.05) is 42.5 Å². The van der Waals surface area contributed by atoms with Crippen LogP contribution in [-0.4, -0.2) is 18.9 Å². The number of nitrogens with zero attached hydrogens (tertiary/aromatic N) is 2. The fraction of sp³-hybridized carbons (Fsp3) is 0.0435. The van der Waals surface area contributed by atoms with Gasteiger partial charge in [0.15, 0.2) is 5.84 Å². The van der Waals surface area contributed by atoms with Gasteiger partial charge in [-0.1, -0.05) is 46.3 Å². The zero-order valence-electron chi connectivity index (χ0n) is 15.5. The highest BCUT2D eigenvalue weighted by Gasteiger charge is 2.34. The molecule has 3 aromatic rings. The predicted octanol–water partition coefficient (Wildman–Crippen LogP) is 5.43. The van der Waals surface area contributed by atoms with Crippen LogP contribution in [0, 0.1) is 5.82 Å². The summed E-state index contributed by atoms with van der Waals surface area (Å²) in [6, 6.07) is 20.9. The molecule has 1 aliphatic heterocycles. The number of benzene rings is 3. The van der Waals surface area contributed by atoms with Crippen molar-refractivity contribution >= 4 is 39.4 Å². The van der Waals surface area contributed by atoms with E-state index in [0.717, 1.165) is 4.47 Å². The second kappa shape index (κ2) is 8.01. The van der Waals surface area contributed by atoms with Gasteiger partial charge in [0.1, 0.15) is 17.3 Å². The maximum absolute atomic E-state index is 14.1. The van der Waals surface area contributed by atoms with Crippen molar-refractivity contribution in [1.82, 2.24) is 0 Å². The lowest BCUT2D eigenvalue weighted by atomic mass is 10.1. The second-order valence-corrected chi connectivity index (χ2v) is 7.22. The number of carbonyl (C=O) groups is 1. The van der Waals surface area contributed by atoms with E-state index in [1.54, 1.807) is 31.4 Å². The molecule has 3 aromatic carbocycles. The Morgan fingerprint density at radius 3 is 2.41 bits per heavy atom. The molecule has 1 aliphatic rings. The lowest BCUT2D eigenvalue weighted by Gasteiger charge is -2.20. The number of hydrogen-bond donors (Lipinski definition) is 0. The SMILES string of the molecule is COc1ccccc1C1=N/C(=C/c2ccccc2F)C(=O)N1c1ccc(Br)cc1. The Hall–Kier alpha value is -3.25. The molecule has 1 heterocycles. The van der Waals surface area contributed by atoms with Gasteiger partial charge in [-0.3, -0.25) is 9.69 Å². The predicted molar refractivity (Wildman–Crippen MR) is 116 cm³/mol. The number of methoxy groups -OCH3 is 1. The van der Waals surface area contributed by atoms with Gasteiger partial charge in [0, 0.05) is 10.0 Å². The minimum atomic E-state index is -0.413. The first-order chi connectivity index (χ1) is 14.1. The van der Waals surface area contributed by atoms with Crippen molar-refractivity contribution in [3.63, 3.8) is 0 Å². The maximum atomic E-state index is 14.1. The summed E-state index contributed by atoms with van der Waals surface area (Å²) in [7, 11) is 1.57. The van der Waals surface area contributed by atoms with E-state index in [-0.39, 0.29) is 11.6 Å². The third kappa shape index (κ3) is 3.71. The molecule has 29 heavy (non-hydrogen) atoms.